The van der Waals surface area contributed by atoms with Crippen LogP contribution in [0.1, 0.15) is 35.0 Å². The van der Waals surface area contributed by atoms with E-state index in [1.807, 2.05) is 13.0 Å². The van der Waals surface area contributed by atoms with E-state index in [9.17, 15) is 18.0 Å². The molecule has 0 radical (unpaired) electrons. The fraction of sp³-hybridized carbons (Fsp3) is 0.308. The fourth-order valence-corrected chi connectivity index (χ4v) is 4.33. The van der Waals surface area contributed by atoms with Crippen LogP contribution in [0.5, 0.6) is 0 Å². The molecule has 0 bridgehead atoms. The van der Waals surface area contributed by atoms with Crippen molar-refractivity contribution in [2.75, 3.05) is 11.9 Å². The molecule has 0 saturated heterocycles. The average molecular weight is 570 g/mol. The Morgan fingerprint density at radius 3 is 2.71 bits per heavy atom. The Labute approximate surface area is 231 Å². The Bertz CT molecular complexity index is 1610. The number of benzene rings is 1. The maximum Gasteiger partial charge on any atom is 0.435 e. The quantitative estimate of drug-likeness (QED) is 0.232. The lowest BCUT2D eigenvalue weighted by Crippen LogP contribution is -2.28. The highest BCUT2D eigenvalue weighted by Crippen LogP contribution is 2.37. The Kier molecular flexibility index (Phi) is 8.53. The molecule has 3 heterocycles. The summed E-state index contributed by atoms with van der Waals surface area (Å²) in [6.07, 6.45) is 2.24. The van der Waals surface area contributed by atoms with E-state index in [0.717, 1.165) is 16.7 Å². The molecule has 15 heteroatoms. The van der Waals surface area contributed by atoms with Crippen LogP contribution < -0.4 is 16.4 Å². The molecule has 1 aliphatic rings. The fourth-order valence-electron chi connectivity index (χ4n) is 4.33. The number of amides is 1. The van der Waals surface area contributed by atoms with Crippen molar-refractivity contribution in [2.24, 2.45) is 11.7 Å². The minimum atomic E-state index is -4.72. The number of aryl methyl sites for hydroxylation is 1. The summed E-state index contributed by atoms with van der Waals surface area (Å²) < 4.78 is 43.5. The molecule has 4 aromatic rings. The predicted molar refractivity (Wildman–Crippen MR) is 141 cm³/mol. The number of nitrogens with one attached hydrogen (secondary N) is 2. The van der Waals surface area contributed by atoms with Crippen LogP contribution in [-0.4, -0.2) is 54.2 Å². The van der Waals surface area contributed by atoms with Gasteiger partial charge in [0, 0.05) is 42.4 Å². The zero-order valence-electron chi connectivity index (χ0n) is 21.8. The summed E-state index contributed by atoms with van der Waals surface area (Å²) in [5.41, 5.74) is 6.99. The van der Waals surface area contributed by atoms with Gasteiger partial charge in [-0.25, -0.2) is 9.97 Å². The van der Waals surface area contributed by atoms with Crippen molar-refractivity contribution >= 4 is 29.5 Å². The SMILES string of the molecule is CCc1cc(Nc2nccn3c(-c4cn(CC#N)nc4C(F)(F)F)cnc23)ccc1C(=O)NCC1CC1N.O=CO. The second-order valence-corrected chi connectivity index (χ2v) is 9.18. The summed E-state index contributed by atoms with van der Waals surface area (Å²) in [5.74, 6) is 0.477. The number of carboxylic acid groups (broad SMARTS) is 1. The molecule has 0 spiro atoms. The number of rotatable bonds is 8. The molecule has 2 atom stereocenters. The molecule has 2 unspecified atom stereocenters. The monoisotopic (exact) mass is 569 g/mol. The molecule has 214 valence electrons. The van der Waals surface area contributed by atoms with E-state index in [0.29, 0.717) is 41.6 Å². The lowest BCUT2D eigenvalue weighted by Gasteiger charge is -2.13. The van der Waals surface area contributed by atoms with Gasteiger partial charge in [0.1, 0.15) is 6.54 Å². The molecule has 1 aromatic carbocycles. The van der Waals surface area contributed by atoms with Crippen molar-refractivity contribution in [3.63, 3.8) is 0 Å². The molecule has 0 aliphatic heterocycles. The smallest absolute Gasteiger partial charge is 0.435 e. The lowest BCUT2D eigenvalue weighted by molar-refractivity contribution is -0.141. The van der Waals surface area contributed by atoms with Gasteiger partial charge in [-0.2, -0.15) is 23.5 Å². The first-order valence-electron chi connectivity index (χ1n) is 12.5. The number of nitriles is 1. The normalized spacial score (nSPS) is 15.9. The molecule has 5 N–H and O–H groups in total. The topological polar surface area (TPSA) is 176 Å². The summed E-state index contributed by atoms with van der Waals surface area (Å²) >= 11 is 0. The van der Waals surface area contributed by atoms with E-state index < -0.39 is 11.9 Å². The van der Waals surface area contributed by atoms with E-state index in [-0.39, 0.29) is 36.2 Å². The van der Waals surface area contributed by atoms with Gasteiger partial charge in [-0.05, 0) is 42.5 Å². The second kappa shape index (κ2) is 12.0. The van der Waals surface area contributed by atoms with Gasteiger partial charge in [0.25, 0.3) is 12.4 Å². The number of carbonyl (C=O) groups excluding carboxylic acids is 1. The van der Waals surface area contributed by atoms with Gasteiger partial charge < -0.3 is 21.5 Å². The molecule has 12 nitrogen and oxygen atoms in total. The average Bonchev–Trinajstić information content (AvgIpc) is 3.27. The van der Waals surface area contributed by atoms with Crippen LogP contribution >= 0.6 is 0 Å². The van der Waals surface area contributed by atoms with E-state index in [1.165, 1.54) is 29.2 Å². The van der Waals surface area contributed by atoms with Crippen molar-refractivity contribution < 1.29 is 27.9 Å². The molecule has 41 heavy (non-hydrogen) atoms. The number of hydrogen-bond acceptors (Lipinski definition) is 8. The van der Waals surface area contributed by atoms with Crippen molar-refractivity contribution in [1.29, 1.82) is 5.26 Å². The number of fused-ring (bicyclic) bond motifs is 1. The number of aromatic nitrogens is 5. The highest BCUT2D eigenvalue weighted by atomic mass is 19.4. The molecule has 1 amide bonds. The first kappa shape index (κ1) is 29.0. The first-order chi connectivity index (χ1) is 19.6. The number of imidazole rings is 1. The third-order valence-electron chi connectivity index (χ3n) is 6.46. The number of alkyl halides is 3. The molecule has 1 saturated carbocycles. The Morgan fingerprint density at radius 1 is 1.34 bits per heavy atom. The highest BCUT2D eigenvalue weighted by Gasteiger charge is 2.38. The van der Waals surface area contributed by atoms with Crippen LogP contribution in [0.2, 0.25) is 0 Å². The Hall–Kier alpha value is -4.97. The number of carbonyl (C=O) groups is 2. The third kappa shape index (κ3) is 6.44. The van der Waals surface area contributed by atoms with E-state index in [1.54, 1.807) is 18.2 Å². The van der Waals surface area contributed by atoms with Crippen LogP contribution in [0.4, 0.5) is 24.7 Å². The third-order valence-corrected chi connectivity index (χ3v) is 6.46. The van der Waals surface area contributed by atoms with Gasteiger partial charge in [-0.3, -0.25) is 18.7 Å². The summed E-state index contributed by atoms with van der Waals surface area (Å²) in [5, 5.41) is 25.4. The van der Waals surface area contributed by atoms with Crippen LogP contribution in [0.15, 0.2) is 43.0 Å². The first-order valence-corrected chi connectivity index (χ1v) is 12.5. The number of halogens is 3. The van der Waals surface area contributed by atoms with Crippen molar-refractivity contribution in [3.05, 3.63) is 59.8 Å². The Morgan fingerprint density at radius 2 is 2.07 bits per heavy atom. The highest BCUT2D eigenvalue weighted by molar-refractivity contribution is 5.96. The van der Waals surface area contributed by atoms with Crippen molar-refractivity contribution in [1.82, 2.24) is 29.5 Å². The van der Waals surface area contributed by atoms with Gasteiger partial charge in [-0.1, -0.05) is 6.92 Å². The van der Waals surface area contributed by atoms with Crippen molar-refractivity contribution in [3.8, 4) is 17.3 Å². The van der Waals surface area contributed by atoms with Gasteiger partial charge in [0.05, 0.1) is 23.5 Å². The minimum Gasteiger partial charge on any atom is -0.483 e. The molecular formula is C26H26F3N9O3. The van der Waals surface area contributed by atoms with E-state index in [2.05, 4.69) is 25.7 Å². The van der Waals surface area contributed by atoms with Crippen molar-refractivity contribution in [2.45, 2.75) is 38.5 Å². The standard InChI is InChI=1S/C25H24F3N9O.CH2O2/c1-2-14-9-16(3-4-17(14)24(38)33-11-15-10-19(15)30)34-22-23-32-12-20(37(23)8-6-31-22)18-13-36(7-5-29)35-21(18)25(26,27)28;2-1-3/h3-4,6,8-9,12-13,15,19H,2,7,10-11,30H2,1H3,(H,31,34)(H,33,38);1H,(H,2,3). The van der Waals surface area contributed by atoms with Gasteiger partial charge in [0.15, 0.2) is 17.2 Å². The number of nitrogens with zero attached hydrogens (tertiary/aromatic N) is 6. The van der Waals surface area contributed by atoms with Crippen LogP contribution in [0.25, 0.3) is 16.9 Å². The zero-order valence-corrected chi connectivity index (χ0v) is 21.8. The van der Waals surface area contributed by atoms with Gasteiger partial charge >= 0.3 is 6.18 Å². The number of nitrogens with two attached hydrogens (primary N) is 1. The molecular weight excluding hydrogens is 543 g/mol. The maximum absolute atomic E-state index is 13.7. The summed E-state index contributed by atoms with van der Waals surface area (Å²) in [4.78, 5) is 29.7. The Balaban J connectivity index is 0.00000124. The largest absolute Gasteiger partial charge is 0.483 e. The summed E-state index contributed by atoms with van der Waals surface area (Å²) in [7, 11) is 0. The second-order valence-electron chi connectivity index (χ2n) is 9.18. The summed E-state index contributed by atoms with van der Waals surface area (Å²) in [6.45, 7) is 1.91. The zero-order chi connectivity index (χ0) is 29.7. The van der Waals surface area contributed by atoms with Gasteiger partial charge in [-0.15, -0.1) is 0 Å². The number of hydrogen-bond donors (Lipinski definition) is 4. The maximum atomic E-state index is 13.7. The minimum absolute atomic E-state index is 0.151. The molecule has 3 aromatic heterocycles. The summed E-state index contributed by atoms with van der Waals surface area (Å²) in [6, 6.07) is 7.24. The predicted octanol–water partition coefficient (Wildman–Crippen LogP) is 3.22. The molecule has 1 aliphatic carbocycles. The van der Waals surface area contributed by atoms with Gasteiger partial charge in [0.2, 0.25) is 0 Å². The van der Waals surface area contributed by atoms with Crippen LogP contribution in [0.3, 0.4) is 0 Å². The van der Waals surface area contributed by atoms with Crippen LogP contribution in [0, 0.1) is 17.2 Å². The van der Waals surface area contributed by atoms with E-state index >= 15 is 0 Å². The van der Waals surface area contributed by atoms with Crippen LogP contribution in [-0.2, 0) is 23.9 Å². The number of anilines is 2. The lowest BCUT2D eigenvalue weighted by atomic mass is 10.0. The molecule has 1 fully saturated rings. The molecule has 5 rings (SSSR count). The van der Waals surface area contributed by atoms with E-state index in [4.69, 9.17) is 20.9 Å².